The number of thioether (sulfide) groups is 1. The average molecular weight is 344 g/mol. The zero-order chi connectivity index (χ0) is 16.4. The Morgan fingerprint density at radius 1 is 1.26 bits per heavy atom. The van der Waals surface area contributed by atoms with E-state index in [1.165, 1.54) is 11.8 Å². The smallest absolute Gasteiger partial charge is 0.280 e. The number of halogens is 1. The quantitative estimate of drug-likeness (QED) is 0.446. The third-order valence-electron chi connectivity index (χ3n) is 3.41. The van der Waals surface area contributed by atoms with Crippen molar-refractivity contribution in [3.8, 4) is 0 Å². The Kier molecular flexibility index (Phi) is 4.41. The predicted molar refractivity (Wildman–Crippen MR) is 97.3 cm³/mol. The molecule has 0 fully saturated rings. The van der Waals surface area contributed by atoms with Gasteiger partial charge in [-0.15, -0.1) is 0 Å². The van der Waals surface area contributed by atoms with Gasteiger partial charge < -0.3 is 5.84 Å². The van der Waals surface area contributed by atoms with Gasteiger partial charge in [0.1, 0.15) is 0 Å². The monoisotopic (exact) mass is 343 g/mol. The van der Waals surface area contributed by atoms with Crippen LogP contribution in [0.15, 0.2) is 59.0 Å². The number of nitrogens with two attached hydrogens (primary N) is 1. The first-order valence-corrected chi connectivity index (χ1v) is 8.26. The number of aromatic nitrogens is 2. The van der Waals surface area contributed by atoms with E-state index in [1.807, 2.05) is 24.3 Å². The van der Waals surface area contributed by atoms with Crippen molar-refractivity contribution in [1.29, 1.82) is 0 Å². The van der Waals surface area contributed by atoms with E-state index in [4.69, 9.17) is 17.4 Å². The Labute approximate surface area is 142 Å². The molecule has 6 heteroatoms. The molecule has 0 spiro atoms. The molecule has 0 atom stereocenters. The Hall–Kier alpha value is -2.24. The van der Waals surface area contributed by atoms with E-state index in [9.17, 15) is 4.79 Å². The maximum Gasteiger partial charge on any atom is 0.280 e. The lowest BCUT2D eigenvalue weighted by Gasteiger charge is -2.08. The zero-order valence-corrected chi connectivity index (χ0v) is 13.8. The molecule has 2 N–H and O–H groups in total. The average Bonchev–Trinajstić information content (AvgIpc) is 2.57. The van der Waals surface area contributed by atoms with E-state index in [0.29, 0.717) is 26.8 Å². The van der Waals surface area contributed by atoms with Gasteiger partial charge in [-0.3, -0.25) is 4.79 Å². The molecule has 0 unspecified atom stereocenters. The normalized spacial score (nSPS) is 10.8. The fourth-order valence-corrected chi connectivity index (χ4v) is 3.19. The second-order valence-corrected chi connectivity index (χ2v) is 6.34. The van der Waals surface area contributed by atoms with Gasteiger partial charge in [0.25, 0.3) is 5.56 Å². The van der Waals surface area contributed by atoms with Crippen molar-refractivity contribution < 1.29 is 0 Å². The summed E-state index contributed by atoms with van der Waals surface area (Å²) >= 11 is 7.38. The van der Waals surface area contributed by atoms with Crippen molar-refractivity contribution in [2.75, 3.05) is 5.84 Å². The first-order chi connectivity index (χ1) is 11.1. The van der Waals surface area contributed by atoms with Crippen molar-refractivity contribution in [1.82, 2.24) is 9.66 Å². The van der Waals surface area contributed by atoms with Gasteiger partial charge in [-0.05, 0) is 29.3 Å². The van der Waals surface area contributed by atoms with Gasteiger partial charge in [-0.25, -0.2) is 9.66 Å². The Bertz CT molecular complexity index is 935. The molecule has 0 aliphatic carbocycles. The summed E-state index contributed by atoms with van der Waals surface area (Å²) < 4.78 is 1.08. The summed E-state index contributed by atoms with van der Waals surface area (Å²) in [6.07, 6.45) is 1.79. The van der Waals surface area contributed by atoms with Crippen LogP contribution in [0.25, 0.3) is 17.0 Å². The van der Waals surface area contributed by atoms with E-state index in [1.54, 1.807) is 24.3 Å². The highest BCUT2D eigenvalue weighted by molar-refractivity contribution is 7.98. The number of fused-ring (bicyclic) bond motifs is 1. The van der Waals surface area contributed by atoms with Crippen LogP contribution in [0.3, 0.4) is 0 Å². The second-order valence-electron chi connectivity index (χ2n) is 4.97. The van der Waals surface area contributed by atoms with Crippen LogP contribution in [-0.2, 0) is 5.75 Å². The third kappa shape index (κ3) is 3.25. The van der Waals surface area contributed by atoms with Crippen LogP contribution in [0, 0.1) is 0 Å². The van der Waals surface area contributed by atoms with Gasteiger partial charge >= 0.3 is 0 Å². The van der Waals surface area contributed by atoms with Crippen molar-refractivity contribution in [3.05, 3.63) is 75.5 Å². The summed E-state index contributed by atoms with van der Waals surface area (Å²) in [6.45, 7) is 3.73. The summed E-state index contributed by atoms with van der Waals surface area (Å²) in [5.41, 5.74) is 2.44. The number of hydrogen-bond acceptors (Lipinski definition) is 4. The molecule has 1 aromatic heterocycles. The molecule has 0 amide bonds. The lowest BCUT2D eigenvalue weighted by Crippen LogP contribution is -2.29. The molecule has 1 heterocycles. The topological polar surface area (TPSA) is 60.9 Å². The summed E-state index contributed by atoms with van der Waals surface area (Å²) in [5.74, 6) is 6.53. The fraction of sp³-hybridized carbons (Fsp3) is 0.0588. The zero-order valence-electron chi connectivity index (χ0n) is 12.2. The third-order valence-corrected chi connectivity index (χ3v) is 4.67. The summed E-state index contributed by atoms with van der Waals surface area (Å²) in [6, 6.07) is 13.0. The van der Waals surface area contributed by atoms with Crippen LogP contribution in [0.4, 0.5) is 0 Å². The van der Waals surface area contributed by atoms with E-state index < -0.39 is 0 Å². The van der Waals surface area contributed by atoms with Crippen LogP contribution >= 0.6 is 23.4 Å². The maximum atomic E-state index is 12.3. The molecular formula is C17H14ClN3OS. The molecule has 23 heavy (non-hydrogen) atoms. The summed E-state index contributed by atoms with van der Waals surface area (Å²) in [7, 11) is 0. The fourth-order valence-electron chi connectivity index (χ4n) is 2.15. The Balaban J connectivity index is 1.91. The lowest BCUT2D eigenvalue weighted by atomic mass is 10.1. The van der Waals surface area contributed by atoms with Crippen molar-refractivity contribution in [2.24, 2.45) is 0 Å². The summed E-state index contributed by atoms with van der Waals surface area (Å²) in [4.78, 5) is 16.7. The number of nitrogen functional groups attached to an aromatic ring is 1. The Morgan fingerprint density at radius 2 is 2.00 bits per heavy atom. The first-order valence-electron chi connectivity index (χ1n) is 6.90. The minimum Gasteiger partial charge on any atom is -0.334 e. The molecule has 0 saturated carbocycles. The highest BCUT2D eigenvalue weighted by Crippen LogP contribution is 2.22. The molecule has 3 rings (SSSR count). The van der Waals surface area contributed by atoms with Gasteiger partial charge in [0.2, 0.25) is 0 Å². The van der Waals surface area contributed by atoms with Gasteiger partial charge in [0.05, 0.1) is 10.9 Å². The molecule has 116 valence electrons. The van der Waals surface area contributed by atoms with Crippen LogP contribution in [0.5, 0.6) is 0 Å². The molecule has 0 aliphatic heterocycles. The van der Waals surface area contributed by atoms with Crippen LogP contribution in [0.2, 0.25) is 5.02 Å². The molecule has 2 aromatic carbocycles. The standard InChI is InChI=1S/C17H14ClN3OS/c1-2-11-3-5-12(6-4-11)10-23-17-20-15-9-13(18)7-8-14(15)16(22)21(17)19/h2-9H,1,10,19H2. The van der Waals surface area contributed by atoms with Crippen molar-refractivity contribution >= 4 is 40.3 Å². The number of nitrogens with zero attached hydrogens (tertiary/aromatic N) is 2. The summed E-state index contributed by atoms with van der Waals surface area (Å²) in [5, 5.41) is 1.45. The predicted octanol–water partition coefficient (Wildman–Crippen LogP) is 3.70. The van der Waals surface area contributed by atoms with E-state index in [0.717, 1.165) is 15.8 Å². The van der Waals surface area contributed by atoms with Crippen LogP contribution in [0.1, 0.15) is 11.1 Å². The highest BCUT2D eigenvalue weighted by atomic mass is 35.5. The van der Waals surface area contributed by atoms with Gasteiger partial charge in [0, 0.05) is 10.8 Å². The molecule has 0 bridgehead atoms. The number of benzene rings is 2. The van der Waals surface area contributed by atoms with Crippen LogP contribution < -0.4 is 11.4 Å². The van der Waals surface area contributed by atoms with Gasteiger partial charge in [-0.2, -0.15) is 0 Å². The minimum atomic E-state index is -0.281. The largest absolute Gasteiger partial charge is 0.334 e. The van der Waals surface area contributed by atoms with E-state index >= 15 is 0 Å². The maximum absolute atomic E-state index is 12.3. The molecule has 4 nitrogen and oxygen atoms in total. The Morgan fingerprint density at radius 3 is 2.70 bits per heavy atom. The molecular weight excluding hydrogens is 330 g/mol. The molecule has 0 radical (unpaired) electrons. The van der Waals surface area contributed by atoms with E-state index in [2.05, 4.69) is 11.6 Å². The van der Waals surface area contributed by atoms with E-state index in [-0.39, 0.29) is 5.56 Å². The number of hydrogen-bond donors (Lipinski definition) is 1. The van der Waals surface area contributed by atoms with Crippen LogP contribution in [-0.4, -0.2) is 9.66 Å². The molecule has 3 aromatic rings. The molecule has 0 aliphatic rings. The highest BCUT2D eigenvalue weighted by Gasteiger charge is 2.10. The SMILES string of the molecule is C=Cc1ccc(CSc2nc3cc(Cl)ccc3c(=O)n2N)cc1. The van der Waals surface area contributed by atoms with Gasteiger partial charge in [0.15, 0.2) is 5.16 Å². The van der Waals surface area contributed by atoms with Gasteiger partial charge in [-0.1, -0.05) is 60.3 Å². The van der Waals surface area contributed by atoms with Crippen molar-refractivity contribution in [2.45, 2.75) is 10.9 Å². The minimum absolute atomic E-state index is 0.281. The first kappa shape index (κ1) is 15.6. The lowest BCUT2D eigenvalue weighted by molar-refractivity contribution is 0.779. The molecule has 0 saturated heterocycles. The number of rotatable bonds is 4. The van der Waals surface area contributed by atoms with Crippen molar-refractivity contribution in [3.63, 3.8) is 0 Å². The second kappa shape index (κ2) is 6.48.